The lowest BCUT2D eigenvalue weighted by atomic mass is 9.87. The smallest absolute Gasteiger partial charge is 0.0294 e. The van der Waals surface area contributed by atoms with Gasteiger partial charge in [0.05, 0.1) is 0 Å². The number of rotatable bonds is 5. The van der Waals surface area contributed by atoms with Crippen LogP contribution in [0.3, 0.4) is 0 Å². The van der Waals surface area contributed by atoms with Gasteiger partial charge in [0.1, 0.15) is 0 Å². The van der Waals surface area contributed by atoms with Gasteiger partial charge in [0.25, 0.3) is 0 Å². The van der Waals surface area contributed by atoms with Crippen LogP contribution in [0.2, 0.25) is 0 Å². The molecule has 18 heavy (non-hydrogen) atoms. The lowest BCUT2D eigenvalue weighted by Crippen LogP contribution is -2.23. The zero-order chi connectivity index (χ0) is 12.8. The summed E-state index contributed by atoms with van der Waals surface area (Å²) < 4.78 is 0. The summed E-state index contributed by atoms with van der Waals surface area (Å²) in [4.78, 5) is 0. The van der Waals surface area contributed by atoms with Gasteiger partial charge in [-0.2, -0.15) is 0 Å². The van der Waals surface area contributed by atoms with Crippen LogP contribution in [-0.2, 0) is 0 Å². The molecular weight excluding hydrogens is 218 g/mol. The highest BCUT2D eigenvalue weighted by Crippen LogP contribution is 2.26. The Morgan fingerprint density at radius 3 is 2.61 bits per heavy atom. The molecule has 0 saturated heterocycles. The molecule has 0 aromatic heterocycles. The van der Waals surface area contributed by atoms with Crippen LogP contribution in [0.15, 0.2) is 24.3 Å². The normalized spacial score (nSPS) is 18.8. The van der Waals surface area contributed by atoms with Crippen LogP contribution in [0.25, 0.3) is 0 Å². The molecule has 0 radical (unpaired) electrons. The van der Waals surface area contributed by atoms with Crippen LogP contribution in [0.1, 0.15) is 62.6 Å². The minimum atomic E-state index is 0.481. The minimum absolute atomic E-state index is 0.481. The predicted octanol–water partition coefficient (Wildman–Crippen LogP) is 4.62. The molecule has 0 heterocycles. The summed E-state index contributed by atoms with van der Waals surface area (Å²) in [6, 6.07) is 9.19. The molecule has 1 saturated carbocycles. The topological polar surface area (TPSA) is 12.0 Å². The van der Waals surface area contributed by atoms with E-state index in [4.69, 9.17) is 0 Å². The lowest BCUT2D eigenvalue weighted by Gasteiger charge is -2.23. The molecule has 0 amide bonds. The second-order valence-corrected chi connectivity index (χ2v) is 5.83. The molecule has 1 fully saturated rings. The molecule has 1 aromatic rings. The Bertz CT molecular complexity index is 352. The molecule has 2 rings (SSSR count). The summed E-state index contributed by atoms with van der Waals surface area (Å²) in [5, 5.41) is 3.69. The molecule has 1 atom stereocenters. The van der Waals surface area contributed by atoms with Gasteiger partial charge in [-0.15, -0.1) is 0 Å². The molecular formula is C17H27N. The monoisotopic (exact) mass is 245 g/mol. The highest BCUT2D eigenvalue weighted by atomic mass is 14.9. The molecule has 1 aromatic carbocycles. The van der Waals surface area contributed by atoms with Crippen LogP contribution in [0.5, 0.6) is 0 Å². The van der Waals surface area contributed by atoms with Crippen LogP contribution in [-0.4, -0.2) is 6.54 Å². The minimum Gasteiger partial charge on any atom is -0.310 e. The first-order chi connectivity index (χ1) is 8.77. The van der Waals surface area contributed by atoms with Gasteiger partial charge in [-0.25, -0.2) is 0 Å². The fourth-order valence-electron chi connectivity index (χ4n) is 3.16. The maximum atomic E-state index is 3.69. The van der Waals surface area contributed by atoms with Crippen molar-refractivity contribution in [1.82, 2.24) is 5.32 Å². The summed E-state index contributed by atoms with van der Waals surface area (Å²) in [7, 11) is 0. The van der Waals surface area contributed by atoms with Crippen molar-refractivity contribution in [1.29, 1.82) is 0 Å². The first-order valence-electron chi connectivity index (χ1n) is 7.56. The third kappa shape index (κ3) is 3.84. The van der Waals surface area contributed by atoms with Crippen molar-refractivity contribution in [3.8, 4) is 0 Å². The summed E-state index contributed by atoms with van der Waals surface area (Å²) >= 11 is 0. The van der Waals surface area contributed by atoms with Crippen molar-refractivity contribution >= 4 is 0 Å². The Hall–Kier alpha value is -0.820. The fourth-order valence-corrected chi connectivity index (χ4v) is 3.16. The van der Waals surface area contributed by atoms with Gasteiger partial charge in [-0.05, 0) is 43.9 Å². The van der Waals surface area contributed by atoms with E-state index in [1.807, 2.05) is 0 Å². The van der Waals surface area contributed by atoms with E-state index >= 15 is 0 Å². The molecule has 1 unspecified atom stereocenters. The van der Waals surface area contributed by atoms with E-state index in [1.54, 1.807) is 0 Å². The second kappa shape index (κ2) is 6.94. The molecule has 0 bridgehead atoms. The van der Waals surface area contributed by atoms with Crippen molar-refractivity contribution in [3.05, 3.63) is 35.4 Å². The van der Waals surface area contributed by atoms with Gasteiger partial charge < -0.3 is 5.32 Å². The van der Waals surface area contributed by atoms with E-state index in [9.17, 15) is 0 Å². The van der Waals surface area contributed by atoms with Crippen molar-refractivity contribution < 1.29 is 0 Å². The summed E-state index contributed by atoms with van der Waals surface area (Å²) in [6.45, 7) is 5.65. The molecule has 1 heteroatoms. The molecule has 1 aliphatic rings. The van der Waals surface area contributed by atoms with Crippen LogP contribution in [0.4, 0.5) is 0 Å². The quantitative estimate of drug-likeness (QED) is 0.798. The Kier molecular flexibility index (Phi) is 5.25. The van der Waals surface area contributed by atoms with Crippen molar-refractivity contribution in [2.45, 2.75) is 58.4 Å². The predicted molar refractivity (Wildman–Crippen MR) is 78.8 cm³/mol. The van der Waals surface area contributed by atoms with E-state index in [2.05, 4.69) is 43.4 Å². The average Bonchev–Trinajstić information content (AvgIpc) is 2.40. The fraction of sp³-hybridized carbons (Fsp3) is 0.647. The Morgan fingerprint density at radius 2 is 1.89 bits per heavy atom. The molecule has 1 N–H and O–H groups in total. The number of hydrogen-bond acceptors (Lipinski definition) is 1. The van der Waals surface area contributed by atoms with Crippen LogP contribution in [0, 0.1) is 12.8 Å². The molecule has 1 nitrogen and oxygen atoms in total. The molecule has 1 aliphatic carbocycles. The van der Waals surface area contributed by atoms with E-state index < -0.39 is 0 Å². The molecule has 0 spiro atoms. The largest absolute Gasteiger partial charge is 0.310 e. The highest BCUT2D eigenvalue weighted by molar-refractivity contribution is 5.28. The van der Waals surface area contributed by atoms with Crippen molar-refractivity contribution in [3.63, 3.8) is 0 Å². The first-order valence-corrected chi connectivity index (χ1v) is 7.56. The average molecular weight is 245 g/mol. The maximum Gasteiger partial charge on any atom is 0.0294 e. The lowest BCUT2D eigenvalue weighted by molar-refractivity contribution is 0.329. The van der Waals surface area contributed by atoms with Gasteiger partial charge in [0, 0.05) is 6.04 Å². The second-order valence-electron chi connectivity index (χ2n) is 5.83. The van der Waals surface area contributed by atoms with Gasteiger partial charge in [-0.3, -0.25) is 0 Å². The van der Waals surface area contributed by atoms with Crippen LogP contribution >= 0.6 is 0 Å². The third-order valence-corrected chi connectivity index (χ3v) is 4.38. The third-order valence-electron chi connectivity index (χ3n) is 4.38. The van der Waals surface area contributed by atoms with E-state index in [-0.39, 0.29) is 0 Å². The first kappa shape index (κ1) is 13.6. The molecule has 100 valence electrons. The zero-order valence-electron chi connectivity index (χ0n) is 11.9. The summed E-state index contributed by atoms with van der Waals surface area (Å²) in [5.41, 5.74) is 2.84. The number of aryl methyl sites for hydroxylation is 1. The SMILES string of the molecule is Cc1ccccc1C(C)NCCC1CCCCC1. The number of benzene rings is 1. The van der Waals surface area contributed by atoms with Crippen molar-refractivity contribution in [2.24, 2.45) is 5.92 Å². The maximum absolute atomic E-state index is 3.69. The van der Waals surface area contributed by atoms with E-state index in [0.717, 1.165) is 5.92 Å². The van der Waals surface area contributed by atoms with Crippen molar-refractivity contribution in [2.75, 3.05) is 6.54 Å². The zero-order valence-corrected chi connectivity index (χ0v) is 11.9. The van der Waals surface area contributed by atoms with Crippen LogP contribution < -0.4 is 5.32 Å². The van der Waals surface area contributed by atoms with Gasteiger partial charge in [0.15, 0.2) is 0 Å². The standard InChI is InChI=1S/C17H27N/c1-14-8-6-7-11-17(14)15(2)18-13-12-16-9-4-3-5-10-16/h6-8,11,15-16,18H,3-5,9-10,12-13H2,1-2H3. The Balaban J connectivity index is 1.74. The van der Waals surface area contributed by atoms with Gasteiger partial charge in [0.2, 0.25) is 0 Å². The number of hydrogen-bond donors (Lipinski definition) is 1. The van der Waals surface area contributed by atoms with Gasteiger partial charge >= 0.3 is 0 Å². The summed E-state index contributed by atoms with van der Waals surface area (Å²) in [6.07, 6.45) is 8.65. The number of nitrogens with one attached hydrogen (secondary N) is 1. The Labute approximate surface area is 112 Å². The highest BCUT2D eigenvalue weighted by Gasteiger charge is 2.13. The van der Waals surface area contributed by atoms with E-state index in [0.29, 0.717) is 6.04 Å². The van der Waals surface area contributed by atoms with E-state index in [1.165, 1.54) is 56.2 Å². The van der Waals surface area contributed by atoms with Gasteiger partial charge in [-0.1, -0.05) is 56.4 Å². The summed E-state index contributed by atoms with van der Waals surface area (Å²) in [5.74, 6) is 0.982. The Morgan fingerprint density at radius 1 is 1.17 bits per heavy atom. The molecule has 0 aliphatic heterocycles.